The second kappa shape index (κ2) is 10.4. The number of carboxylic acid groups (broad SMARTS) is 1. The van der Waals surface area contributed by atoms with Gasteiger partial charge in [0.25, 0.3) is 0 Å². The monoisotopic (exact) mass is 427 g/mol. The SMILES string of the molecule is O=C(O)c1ccccc1N(CCc1ccc(Cl)c(Cl)c1)c1ccccc1.[Ca+2].[H-].[H-]. The van der Waals surface area contributed by atoms with E-state index in [1.165, 1.54) is 0 Å². The molecule has 0 heterocycles. The first-order valence-corrected chi connectivity index (χ1v) is 8.90. The Kier molecular flexibility index (Phi) is 8.46. The van der Waals surface area contributed by atoms with Crippen LogP contribution in [0, 0.1) is 0 Å². The van der Waals surface area contributed by atoms with E-state index < -0.39 is 5.97 Å². The summed E-state index contributed by atoms with van der Waals surface area (Å²) < 4.78 is 0. The third-order valence-corrected chi connectivity index (χ3v) is 4.84. The fourth-order valence-electron chi connectivity index (χ4n) is 2.82. The van der Waals surface area contributed by atoms with Gasteiger partial charge in [0.2, 0.25) is 0 Å². The zero-order valence-electron chi connectivity index (χ0n) is 16.6. The van der Waals surface area contributed by atoms with E-state index in [4.69, 9.17) is 23.2 Å². The molecule has 1 N–H and O–H groups in total. The molecule has 0 saturated heterocycles. The molecule has 0 radical (unpaired) electrons. The van der Waals surface area contributed by atoms with Crippen molar-refractivity contribution < 1.29 is 12.8 Å². The van der Waals surface area contributed by atoms with Gasteiger partial charge in [0.1, 0.15) is 0 Å². The number of carbonyl (C=O) groups is 1. The van der Waals surface area contributed by atoms with Gasteiger partial charge < -0.3 is 12.9 Å². The normalized spacial score (nSPS) is 10.1. The van der Waals surface area contributed by atoms with Crippen LogP contribution in [0.4, 0.5) is 11.4 Å². The zero-order chi connectivity index (χ0) is 18.5. The Morgan fingerprint density at radius 1 is 0.926 bits per heavy atom. The molecule has 0 aliphatic carbocycles. The van der Waals surface area contributed by atoms with Crippen LogP contribution < -0.4 is 4.90 Å². The molecule has 0 spiro atoms. The van der Waals surface area contributed by atoms with Crippen molar-refractivity contribution in [1.29, 1.82) is 0 Å². The summed E-state index contributed by atoms with van der Waals surface area (Å²) in [5.74, 6) is -0.948. The second-order valence-corrected chi connectivity index (χ2v) is 6.62. The molecular weight excluding hydrogens is 409 g/mol. The van der Waals surface area contributed by atoms with Gasteiger partial charge in [-0.25, -0.2) is 4.79 Å². The summed E-state index contributed by atoms with van der Waals surface area (Å²) in [6.07, 6.45) is 0.694. The molecule has 0 aromatic heterocycles. The summed E-state index contributed by atoms with van der Waals surface area (Å²) in [5, 5.41) is 10.6. The van der Waals surface area contributed by atoms with Crippen LogP contribution in [-0.2, 0) is 6.42 Å². The summed E-state index contributed by atoms with van der Waals surface area (Å²) in [5.41, 5.74) is 2.89. The maximum Gasteiger partial charge on any atom is 2.00 e. The number of hydrogen-bond donors (Lipinski definition) is 1. The van der Waals surface area contributed by atoms with Gasteiger partial charge in [-0.3, -0.25) is 0 Å². The molecule has 3 aromatic carbocycles. The van der Waals surface area contributed by atoms with E-state index in [0.717, 1.165) is 11.3 Å². The Bertz CT molecular complexity index is 930. The van der Waals surface area contributed by atoms with E-state index in [2.05, 4.69) is 0 Å². The molecule has 3 aromatic rings. The average molecular weight is 428 g/mol. The number of benzene rings is 3. The van der Waals surface area contributed by atoms with Gasteiger partial charge in [-0.15, -0.1) is 0 Å². The topological polar surface area (TPSA) is 40.5 Å². The van der Waals surface area contributed by atoms with Crippen molar-refractivity contribution in [2.45, 2.75) is 6.42 Å². The van der Waals surface area contributed by atoms with Crippen LogP contribution in [0.1, 0.15) is 18.8 Å². The maximum atomic E-state index is 11.7. The van der Waals surface area contributed by atoms with Crippen LogP contribution in [0.2, 0.25) is 10.0 Å². The predicted octanol–water partition coefficient (Wildman–Crippen LogP) is 5.92. The Hall–Kier alpha value is -1.23. The van der Waals surface area contributed by atoms with Gasteiger partial charge >= 0.3 is 43.7 Å². The molecule has 0 aliphatic rings. The number of halogens is 2. The summed E-state index contributed by atoms with van der Waals surface area (Å²) in [7, 11) is 0. The number of rotatable bonds is 6. The zero-order valence-corrected chi connectivity index (χ0v) is 18.3. The van der Waals surface area contributed by atoms with E-state index in [0.29, 0.717) is 28.7 Å². The van der Waals surface area contributed by atoms with Gasteiger partial charge in [0.15, 0.2) is 0 Å². The maximum absolute atomic E-state index is 11.7. The summed E-state index contributed by atoms with van der Waals surface area (Å²) in [6.45, 7) is 0.603. The summed E-state index contributed by atoms with van der Waals surface area (Å²) >= 11 is 12.1. The minimum absolute atomic E-state index is 0. The van der Waals surface area contributed by atoms with E-state index in [1.807, 2.05) is 59.5 Å². The first-order chi connectivity index (χ1) is 12.6. The standard InChI is InChI=1S/C21H17Cl2NO2.Ca.2H/c22-18-11-10-15(14-19(18)23)12-13-24(16-6-2-1-3-7-16)20-9-5-4-8-17(20)21(25)26;;;/h1-11,14H,12-13H2,(H,25,26);;;/q;+2;2*-1. The summed E-state index contributed by atoms with van der Waals surface area (Å²) in [6, 6.07) is 22.3. The van der Waals surface area contributed by atoms with Crippen molar-refractivity contribution >= 4 is 78.3 Å². The number of anilines is 2. The number of aromatic carboxylic acids is 1. The molecule has 3 rings (SSSR count). The van der Waals surface area contributed by atoms with Crippen LogP contribution in [0.5, 0.6) is 0 Å². The van der Waals surface area contributed by atoms with Crippen LogP contribution in [0.15, 0.2) is 72.8 Å². The van der Waals surface area contributed by atoms with Gasteiger partial charge in [-0.1, -0.05) is 59.6 Å². The molecule has 3 nitrogen and oxygen atoms in total. The number of carboxylic acids is 1. The minimum Gasteiger partial charge on any atom is -1.00 e. The molecule has 136 valence electrons. The quantitative estimate of drug-likeness (QED) is 0.496. The van der Waals surface area contributed by atoms with Crippen LogP contribution >= 0.6 is 23.2 Å². The second-order valence-electron chi connectivity index (χ2n) is 5.81. The summed E-state index contributed by atoms with van der Waals surface area (Å²) in [4.78, 5) is 13.7. The van der Waals surface area contributed by atoms with Crippen LogP contribution in [0.3, 0.4) is 0 Å². The van der Waals surface area contributed by atoms with Gasteiger partial charge in [-0.2, -0.15) is 0 Å². The Balaban J connectivity index is 0.00000261. The van der Waals surface area contributed by atoms with Crippen molar-refractivity contribution in [3.05, 3.63) is 94.0 Å². The van der Waals surface area contributed by atoms with E-state index in [-0.39, 0.29) is 46.2 Å². The van der Waals surface area contributed by atoms with Gasteiger partial charge in [0.05, 0.1) is 21.3 Å². The largest absolute Gasteiger partial charge is 2.00 e. The van der Waals surface area contributed by atoms with Gasteiger partial charge in [-0.05, 0) is 48.4 Å². The van der Waals surface area contributed by atoms with E-state index >= 15 is 0 Å². The molecule has 0 aliphatic heterocycles. The fourth-order valence-corrected chi connectivity index (χ4v) is 3.14. The van der Waals surface area contributed by atoms with Crippen LogP contribution in [-0.4, -0.2) is 55.4 Å². The number of para-hydroxylation sites is 2. The van der Waals surface area contributed by atoms with Crippen molar-refractivity contribution in [1.82, 2.24) is 0 Å². The van der Waals surface area contributed by atoms with Crippen molar-refractivity contribution in [2.24, 2.45) is 0 Å². The van der Waals surface area contributed by atoms with Gasteiger partial charge in [0, 0.05) is 12.2 Å². The predicted molar refractivity (Wildman–Crippen MR) is 115 cm³/mol. The third-order valence-electron chi connectivity index (χ3n) is 4.10. The number of nitrogens with zero attached hydrogens (tertiary/aromatic N) is 1. The molecular formula is C21H19CaCl2NO2. The van der Waals surface area contributed by atoms with Crippen molar-refractivity contribution in [2.75, 3.05) is 11.4 Å². The third kappa shape index (κ3) is 5.63. The van der Waals surface area contributed by atoms with E-state index in [1.54, 1.807) is 18.2 Å². The fraction of sp³-hybridized carbons (Fsp3) is 0.0952. The molecule has 27 heavy (non-hydrogen) atoms. The Labute approximate surface area is 201 Å². The molecule has 0 bridgehead atoms. The smallest absolute Gasteiger partial charge is 1.00 e. The molecule has 6 heteroatoms. The molecule has 0 amide bonds. The van der Waals surface area contributed by atoms with E-state index in [9.17, 15) is 9.90 Å². The Morgan fingerprint density at radius 3 is 2.26 bits per heavy atom. The molecule has 0 saturated carbocycles. The molecule has 0 unspecified atom stereocenters. The van der Waals surface area contributed by atoms with Crippen LogP contribution in [0.25, 0.3) is 0 Å². The number of hydrogen-bond acceptors (Lipinski definition) is 2. The van der Waals surface area contributed by atoms with Crippen molar-refractivity contribution in [3.63, 3.8) is 0 Å². The molecule has 0 fully saturated rings. The first kappa shape index (κ1) is 22.1. The molecule has 0 atom stereocenters. The average Bonchev–Trinajstić information content (AvgIpc) is 2.66. The first-order valence-electron chi connectivity index (χ1n) is 8.15. The minimum atomic E-state index is -0.948. The van der Waals surface area contributed by atoms with Crippen molar-refractivity contribution in [3.8, 4) is 0 Å². The Morgan fingerprint density at radius 2 is 1.59 bits per heavy atom.